The van der Waals surface area contributed by atoms with Crippen molar-refractivity contribution in [3.8, 4) is 0 Å². The van der Waals surface area contributed by atoms with Crippen molar-refractivity contribution in [3.63, 3.8) is 0 Å². The van der Waals surface area contributed by atoms with Gasteiger partial charge in [-0.25, -0.2) is 8.42 Å². The maximum absolute atomic E-state index is 12.7. The van der Waals surface area contributed by atoms with E-state index >= 15 is 0 Å². The minimum atomic E-state index is -3.48. The molecule has 1 N–H and O–H groups in total. The summed E-state index contributed by atoms with van der Waals surface area (Å²) in [4.78, 5) is 12.4. The summed E-state index contributed by atoms with van der Waals surface area (Å²) in [5.74, 6) is -0.105. The average molecular weight is 362 g/mol. The van der Waals surface area contributed by atoms with E-state index in [1.165, 1.54) is 18.4 Å². The lowest BCUT2D eigenvalue weighted by molar-refractivity contribution is 0.0996. The highest BCUT2D eigenvalue weighted by atomic mass is 32.2. The molecule has 1 aromatic heterocycles. The van der Waals surface area contributed by atoms with Gasteiger partial charge in [-0.15, -0.1) is 0 Å². The minimum Gasteiger partial charge on any atom is -0.459 e. The first kappa shape index (κ1) is 17.7. The van der Waals surface area contributed by atoms with Crippen molar-refractivity contribution in [2.24, 2.45) is 0 Å². The molecule has 0 bridgehead atoms. The second-order valence-corrected chi connectivity index (χ2v) is 8.17. The van der Waals surface area contributed by atoms with Crippen molar-refractivity contribution in [2.45, 2.75) is 37.5 Å². The standard InChI is InChI=1S/C18H22N2O4S/c1-14-10-13-24-17(14)18(21)19-15-6-8-16(9-7-15)25(22,23)20-11-4-2-3-5-12-20/h6-10,13H,2-5,11-12H2,1H3,(H,19,21). The van der Waals surface area contributed by atoms with Crippen LogP contribution < -0.4 is 5.32 Å². The Morgan fingerprint density at radius 1 is 1.04 bits per heavy atom. The van der Waals surface area contributed by atoms with Crippen molar-refractivity contribution in [2.75, 3.05) is 18.4 Å². The number of nitrogens with one attached hydrogen (secondary N) is 1. The zero-order valence-corrected chi connectivity index (χ0v) is 15.0. The number of hydrogen-bond donors (Lipinski definition) is 1. The highest BCUT2D eigenvalue weighted by Crippen LogP contribution is 2.22. The van der Waals surface area contributed by atoms with Crippen LogP contribution in [0.4, 0.5) is 5.69 Å². The first-order valence-electron chi connectivity index (χ1n) is 8.44. The number of nitrogens with zero attached hydrogens (tertiary/aromatic N) is 1. The van der Waals surface area contributed by atoms with Crippen LogP contribution in [0.3, 0.4) is 0 Å². The molecule has 1 fully saturated rings. The molecule has 1 aliphatic heterocycles. The fraction of sp³-hybridized carbons (Fsp3) is 0.389. The van der Waals surface area contributed by atoms with E-state index in [2.05, 4.69) is 5.32 Å². The Hall–Kier alpha value is -2.12. The fourth-order valence-corrected chi connectivity index (χ4v) is 4.45. The van der Waals surface area contributed by atoms with Crippen LogP contribution in [-0.2, 0) is 10.0 Å². The van der Waals surface area contributed by atoms with Gasteiger partial charge in [-0.3, -0.25) is 4.79 Å². The van der Waals surface area contributed by atoms with Crippen molar-refractivity contribution in [1.29, 1.82) is 0 Å². The van der Waals surface area contributed by atoms with Gasteiger partial charge >= 0.3 is 0 Å². The van der Waals surface area contributed by atoms with Crippen LogP contribution in [0.25, 0.3) is 0 Å². The molecule has 0 spiro atoms. The summed E-state index contributed by atoms with van der Waals surface area (Å²) in [6, 6.07) is 7.98. The number of benzene rings is 1. The van der Waals surface area contributed by atoms with E-state index in [-0.39, 0.29) is 16.6 Å². The second kappa shape index (κ2) is 7.41. The van der Waals surface area contributed by atoms with Gasteiger partial charge in [0.15, 0.2) is 5.76 Å². The number of aryl methyl sites for hydroxylation is 1. The fourth-order valence-electron chi connectivity index (χ4n) is 2.93. The lowest BCUT2D eigenvalue weighted by Gasteiger charge is -2.20. The number of sulfonamides is 1. The zero-order chi connectivity index (χ0) is 17.9. The van der Waals surface area contributed by atoms with E-state index in [4.69, 9.17) is 4.42 Å². The summed E-state index contributed by atoms with van der Waals surface area (Å²) in [5, 5.41) is 2.71. The van der Waals surface area contributed by atoms with Crippen LogP contribution >= 0.6 is 0 Å². The summed E-state index contributed by atoms with van der Waals surface area (Å²) in [7, 11) is -3.48. The van der Waals surface area contributed by atoms with E-state index < -0.39 is 10.0 Å². The van der Waals surface area contributed by atoms with Crippen LogP contribution in [-0.4, -0.2) is 31.7 Å². The molecular weight excluding hydrogens is 340 g/mol. The van der Waals surface area contributed by atoms with Crippen molar-refractivity contribution >= 4 is 21.6 Å². The van der Waals surface area contributed by atoms with Gasteiger partial charge in [0.05, 0.1) is 11.2 Å². The molecule has 134 valence electrons. The molecule has 0 aliphatic carbocycles. The number of carbonyl (C=O) groups excluding carboxylic acids is 1. The van der Waals surface area contributed by atoms with Crippen LogP contribution in [0.15, 0.2) is 45.9 Å². The van der Waals surface area contributed by atoms with E-state index in [1.54, 1.807) is 29.4 Å². The Balaban J connectivity index is 1.73. The lowest BCUT2D eigenvalue weighted by Crippen LogP contribution is -2.31. The maximum atomic E-state index is 12.7. The van der Waals surface area contributed by atoms with Crippen LogP contribution in [0.1, 0.15) is 41.8 Å². The van der Waals surface area contributed by atoms with E-state index in [9.17, 15) is 13.2 Å². The molecule has 1 amide bonds. The zero-order valence-electron chi connectivity index (χ0n) is 14.2. The topological polar surface area (TPSA) is 79.6 Å². The summed E-state index contributed by atoms with van der Waals surface area (Å²) in [6.45, 7) is 2.92. The Kier molecular flexibility index (Phi) is 5.24. The molecule has 7 heteroatoms. The Bertz CT molecular complexity index is 832. The largest absolute Gasteiger partial charge is 0.459 e. The molecule has 25 heavy (non-hydrogen) atoms. The third-order valence-electron chi connectivity index (χ3n) is 4.38. The third-order valence-corrected chi connectivity index (χ3v) is 6.30. The van der Waals surface area contributed by atoms with Crippen LogP contribution in [0.2, 0.25) is 0 Å². The Morgan fingerprint density at radius 3 is 2.24 bits per heavy atom. The molecular formula is C18H22N2O4S. The number of carbonyl (C=O) groups is 1. The second-order valence-electron chi connectivity index (χ2n) is 6.23. The van der Waals surface area contributed by atoms with Gasteiger partial charge in [-0.05, 0) is 50.1 Å². The molecule has 2 aromatic rings. The van der Waals surface area contributed by atoms with Crippen molar-refractivity contribution < 1.29 is 17.6 Å². The van der Waals surface area contributed by atoms with Gasteiger partial charge in [0.2, 0.25) is 10.0 Å². The maximum Gasteiger partial charge on any atom is 0.291 e. The molecule has 1 saturated heterocycles. The summed E-state index contributed by atoms with van der Waals surface area (Å²) >= 11 is 0. The molecule has 2 heterocycles. The predicted octanol–water partition coefficient (Wildman–Crippen LogP) is 3.41. The number of furan rings is 1. The molecule has 6 nitrogen and oxygen atoms in total. The summed E-state index contributed by atoms with van der Waals surface area (Å²) in [5.41, 5.74) is 1.27. The monoisotopic (exact) mass is 362 g/mol. The van der Waals surface area contributed by atoms with Gasteiger partial charge in [-0.1, -0.05) is 12.8 Å². The predicted molar refractivity (Wildman–Crippen MR) is 95.1 cm³/mol. The number of amides is 1. The first-order chi connectivity index (χ1) is 12.0. The molecule has 1 aromatic carbocycles. The van der Waals surface area contributed by atoms with E-state index in [0.29, 0.717) is 18.8 Å². The van der Waals surface area contributed by atoms with Gasteiger partial charge < -0.3 is 9.73 Å². The van der Waals surface area contributed by atoms with Crippen molar-refractivity contribution in [3.05, 3.63) is 47.9 Å². The van der Waals surface area contributed by atoms with Gasteiger partial charge in [0.25, 0.3) is 5.91 Å². The van der Waals surface area contributed by atoms with Crippen LogP contribution in [0, 0.1) is 6.92 Å². The lowest BCUT2D eigenvalue weighted by atomic mass is 10.2. The van der Waals surface area contributed by atoms with E-state index in [0.717, 1.165) is 31.2 Å². The highest BCUT2D eigenvalue weighted by molar-refractivity contribution is 7.89. The quantitative estimate of drug-likeness (QED) is 0.904. The normalized spacial score (nSPS) is 16.4. The van der Waals surface area contributed by atoms with Crippen molar-refractivity contribution in [1.82, 2.24) is 4.31 Å². The SMILES string of the molecule is Cc1ccoc1C(=O)Nc1ccc(S(=O)(=O)N2CCCCCC2)cc1. The molecule has 1 aliphatic rings. The minimum absolute atomic E-state index is 0.251. The first-order valence-corrected chi connectivity index (χ1v) is 9.88. The Morgan fingerprint density at radius 2 is 1.68 bits per heavy atom. The third kappa shape index (κ3) is 3.93. The highest BCUT2D eigenvalue weighted by Gasteiger charge is 2.25. The molecule has 0 unspecified atom stereocenters. The number of rotatable bonds is 4. The average Bonchev–Trinajstić information content (AvgIpc) is 2.85. The summed E-state index contributed by atoms with van der Waals surface area (Å²) < 4.78 is 32.2. The molecule has 3 rings (SSSR count). The van der Waals surface area contributed by atoms with Gasteiger partial charge in [0.1, 0.15) is 0 Å². The van der Waals surface area contributed by atoms with Gasteiger partial charge in [-0.2, -0.15) is 4.31 Å². The molecule has 0 atom stereocenters. The van der Waals surface area contributed by atoms with Gasteiger partial charge in [0, 0.05) is 24.3 Å². The molecule has 0 saturated carbocycles. The summed E-state index contributed by atoms with van der Waals surface area (Å²) in [6.07, 6.45) is 5.40. The molecule has 0 radical (unpaired) electrons. The number of hydrogen-bond acceptors (Lipinski definition) is 4. The number of anilines is 1. The Labute approximate surface area is 147 Å². The van der Waals surface area contributed by atoms with Crippen LogP contribution in [0.5, 0.6) is 0 Å². The van der Waals surface area contributed by atoms with E-state index in [1.807, 2.05) is 0 Å². The smallest absolute Gasteiger partial charge is 0.291 e.